The Morgan fingerprint density at radius 3 is 2.74 bits per heavy atom. The fraction of sp³-hybridized carbons (Fsp3) is 0.300. The number of pyridine rings is 1. The summed E-state index contributed by atoms with van der Waals surface area (Å²) in [5.41, 5.74) is 0.615. The maximum Gasteiger partial charge on any atom is 0.254 e. The molecule has 1 aromatic carbocycles. The number of ether oxygens (including phenoxy) is 1. The first-order chi connectivity index (χ1) is 13.3. The first-order valence-electron chi connectivity index (χ1n) is 9.06. The van der Waals surface area contributed by atoms with E-state index in [1.165, 1.54) is 6.39 Å². The molecule has 1 amide bonds. The first kappa shape index (κ1) is 17.2. The predicted molar refractivity (Wildman–Crippen MR) is 97.3 cm³/mol. The summed E-state index contributed by atoms with van der Waals surface area (Å²) in [7, 11) is 0. The summed E-state index contributed by atoms with van der Waals surface area (Å²) >= 11 is 0. The molecule has 7 nitrogen and oxygen atoms in total. The van der Waals surface area contributed by atoms with Crippen molar-refractivity contribution < 1.29 is 14.1 Å². The second kappa shape index (κ2) is 7.99. The molecule has 0 bridgehead atoms. The molecule has 1 fully saturated rings. The molecule has 1 atom stereocenters. The van der Waals surface area contributed by atoms with E-state index in [2.05, 4.69) is 15.1 Å². The van der Waals surface area contributed by atoms with Crippen LogP contribution in [-0.2, 0) is 0 Å². The van der Waals surface area contributed by atoms with Gasteiger partial charge in [-0.05, 0) is 49.2 Å². The second-order valence-corrected chi connectivity index (χ2v) is 6.47. The highest BCUT2D eigenvalue weighted by molar-refractivity contribution is 5.94. The summed E-state index contributed by atoms with van der Waals surface area (Å²) in [6, 6.07) is 10.6. The van der Waals surface area contributed by atoms with Crippen LogP contribution >= 0.6 is 0 Å². The van der Waals surface area contributed by atoms with Gasteiger partial charge in [-0.1, -0.05) is 18.0 Å². The molecule has 1 saturated heterocycles. The first-order valence-corrected chi connectivity index (χ1v) is 9.06. The molecule has 7 heteroatoms. The fourth-order valence-corrected chi connectivity index (χ4v) is 3.32. The van der Waals surface area contributed by atoms with Crippen LogP contribution in [0, 0.1) is 0 Å². The van der Waals surface area contributed by atoms with Gasteiger partial charge in [-0.15, -0.1) is 0 Å². The third-order valence-electron chi connectivity index (χ3n) is 4.66. The van der Waals surface area contributed by atoms with Crippen LogP contribution in [-0.4, -0.2) is 32.5 Å². The highest BCUT2D eigenvalue weighted by atomic mass is 16.5. The third-order valence-corrected chi connectivity index (χ3v) is 4.66. The van der Waals surface area contributed by atoms with E-state index < -0.39 is 0 Å². The van der Waals surface area contributed by atoms with E-state index in [9.17, 15) is 4.79 Å². The summed E-state index contributed by atoms with van der Waals surface area (Å²) in [4.78, 5) is 23.2. The number of likely N-dealkylation sites (tertiary alicyclic amines) is 1. The van der Waals surface area contributed by atoms with Crippen molar-refractivity contribution in [3.8, 4) is 11.5 Å². The molecular weight excluding hydrogens is 344 g/mol. The van der Waals surface area contributed by atoms with Crippen LogP contribution in [0.3, 0.4) is 0 Å². The molecule has 0 saturated carbocycles. The molecule has 4 rings (SSSR count). The van der Waals surface area contributed by atoms with Gasteiger partial charge in [-0.2, -0.15) is 4.98 Å². The minimum Gasteiger partial charge on any atom is -0.456 e. The number of aromatic nitrogens is 3. The molecule has 0 N–H and O–H groups in total. The summed E-state index contributed by atoms with van der Waals surface area (Å²) in [6.07, 6.45) is 8.60. The van der Waals surface area contributed by atoms with Crippen LogP contribution in [0.1, 0.15) is 47.9 Å². The van der Waals surface area contributed by atoms with Gasteiger partial charge in [0.1, 0.15) is 11.5 Å². The van der Waals surface area contributed by atoms with Crippen molar-refractivity contribution in [2.24, 2.45) is 0 Å². The van der Waals surface area contributed by atoms with Crippen molar-refractivity contribution in [1.29, 1.82) is 0 Å². The maximum absolute atomic E-state index is 13.1. The molecule has 0 aliphatic carbocycles. The molecule has 1 aliphatic heterocycles. The van der Waals surface area contributed by atoms with Gasteiger partial charge in [0.15, 0.2) is 5.82 Å². The molecule has 0 radical (unpaired) electrons. The second-order valence-electron chi connectivity index (χ2n) is 6.47. The molecular formula is C20H20N4O3. The minimum atomic E-state index is -0.148. The zero-order valence-corrected chi connectivity index (χ0v) is 14.8. The van der Waals surface area contributed by atoms with Crippen LogP contribution < -0.4 is 4.74 Å². The maximum atomic E-state index is 13.1. The summed E-state index contributed by atoms with van der Waals surface area (Å²) in [5, 5.41) is 3.96. The van der Waals surface area contributed by atoms with E-state index in [4.69, 9.17) is 9.26 Å². The number of nitrogens with zero attached hydrogens (tertiary/aromatic N) is 4. The number of amides is 1. The number of hydrogen-bond acceptors (Lipinski definition) is 6. The number of carbonyl (C=O) groups is 1. The van der Waals surface area contributed by atoms with Crippen molar-refractivity contribution >= 4 is 5.91 Å². The molecule has 1 aliphatic rings. The van der Waals surface area contributed by atoms with E-state index in [1.54, 1.807) is 36.7 Å². The lowest BCUT2D eigenvalue weighted by atomic mass is 10.1. The van der Waals surface area contributed by atoms with Gasteiger partial charge in [0.25, 0.3) is 5.91 Å². The Labute approximate surface area is 157 Å². The molecule has 0 spiro atoms. The van der Waals surface area contributed by atoms with Crippen LogP contribution in [0.2, 0.25) is 0 Å². The Kier molecular flexibility index (Phi) is 5.09. The number of hydrogen-bond donors (Lipinski definition) is 0. The van der Waals surface area contributed by atoms with E-state index in [1.807, 2.05) is 17.0 Å². The average Bonchev–Trinajstić information content (AvgIpc) is 3.13. The van der Waals surface area contributed by atoms with Crippen molar-refractivity contribution in [3.05, 3.63) is 66.6 Å². The molecule has 27 heavy (non-hydrogen) atoms. The van der Waals surface area contributed by atoms with Crippen LogP contribution in [0.4, 0.5) is 0 Å². The molecule has 3 aromatic rings. The lowest BCUT2D eigenvalue weighted by molar-refractivity contribution is 0.0670. The Morgan fingerprint density at radius 1 is 1.11 bits per heavy atom. The van der Waals surface area contributed by atoms with Gasteiger partial charge < -0.3 is 14.2 Å². The average molecular weight is 364 g/mol. The lowest BCUT2D eigenvalue weighted by Gasteiger charge is -2.28. The lowest BCUT2D eigenvalue weighted by Crippen LogP contribution is -2.35. The highest BCUT2D eigenvalue weighted by Crippen LogP contribution is 2.30. The summed E-state index contributed by atoms with van der Waals surface area (Å²) in [6.45, 7) is 0.686. The van der Waals surface area contributed by atoms with E-state index in [0.29, 0.717) is 29.4 Å². The van der Waals surface area contributed by atoms with Crippen molar-refractivity contribution in [2.45, 2.75) is 31.7 Å². The van der Waals surface area contributed by atoms with Crippen molar-refractivity contribution in [2.75, 3.05) is 6.54 Å². The molecule has 1 unspecified atom stereocenters. The zero-order valence-electron chi connectivity index (χ0n) is 14.8. The highest BCUT2D eigenvalue weighted by Gasteiger charge is 2.30. The fourth-order valence-electron chi connectivity index (χ4n) is 3.32. The minimum absolute atomic E-state index is 0.0281. The molecule has 3 heterocycles. The van der Waals surface area contributed by atoms with Gasteiger partial charge >= 0.3 is 0 Å². The SMILES string of the molecule is O=C(c1ccc(Oc2cccnc2)cc1)N1CCCCCC1c1ncon1. The van der Waals surface area contributed by atoms with Gasteiger partial charge in [-0.25, -0.2) is 0 Å². The monoisotopic (exact) mass is 364 g/mol. The van der Waals surface area contributed by atoms with E-state index >= 15 is 0 Å². The van der Waals surface area contributed by atoms with Gasteiger partial charge in [0, 0.05) is 18.3 Å². The van der Waals surface area contributed by atoms with Crippen LogP contribution in [0.15, 0.2) is 59.7 Å². The normalized spacial score (nSPS) is 17.3. The largest absolute Gasteiger partial charge is 0.456 e. The van der Waals surface area contributed by atoms with Gasteiger partial charge in [-0.3, -0.25) is 9.78 Å². The Balaban J connectivity index is 1.52. The van der Waals surface area contributed by atoms with Gasteiger partial charge in [0.05, 0.1) is 12.2 Å². The zero-order chi connectivity index (χ0) is 18.5. The van der Waals surface area contributed by atoms with Crippen LogP contribution in [0.5, 0.6) is 11.5 Å². The standard InChI is InChI=1S/C20H20N4O3/c25-20(24-12-3-1-2-6-18(24)19-22-14-26-23-19)15-7-9-16(10-8-15)27-17-5-4-11-21-13-17/h4-5,7-11,13-14,18H,1-3,6,12H2. The Morgan fingerprint density at radius 2 is 2.00 bits per heavy atom. The Bertz CT molecular complexity index is 866. The third kappa shape index (κ3) is 3.97. The van der Waals surface area contributed by atoms with E-state index in [0.717, 1.165) is 25.7 Å². The van der Waals surface area contributed by atoms with E-state index in [-0.39, 0.29) is 11.9 Å². The predicted octanol–water partition coefficient (Wildman–Crippen LogP) is 4.01. The smallest absolute Gasteiger partial charge is 0.254 e. The van der Waals surface area contributed by atoms with Crippen LogP contribution in [0.25, 0.3) is 0 Å². The summed E-state index contributed by atoms with van der Waals surface area (Å²) < 4.78 is 10.6. The van der Waals surface area contributed by atoms with Crippen molar-refractivity contribution in [3.63, 3.8) is 0 Å². The molecule has 2 aromatic heterocycles. The topological polar surface area (TPSA) is 81.4 Å². The summed E-state index contributed by atoms with van der Waals surface area (Å²) in [5.74, 6) is 1.85. The number of benzene rings is 1. The van der Waals surface area contributed by atoms with Crippen molar-refractivity contribution in [1.82, 2.24) is 20.0 Å². The quantitative estimate of drug-likeness (QED) is 0.696. The molecule has 138 valence electrons. The van der Waals surface area contributed by atoms with Gasteiger partial charge in [0.2, 0.25) is 6.39 Å². The Hall–Kier alpha value is -3.22. The number of rotatable bonds is 4. The number of carbonyl (C=O) groups excluding carboxylic acids is 1.